The van der Waals surface area contributed by atoms with Crippen LogP contribution in [0, 0.1) is 0 Å². The van der Waals surface area contributed by atoms with Crippen molar-refractivity contribution in [2.45, 2.75) is 50.6 Å². The Bertz CT molecular complexity index is 796. The third-order valence-corrected chi connectivity index (χ3v) is 4.97. The standard InChI is InChI=1S/C20H25N3O4/c1-27-16-9-5-6-14(12-16)13-18(20(25)26)21-19(24)17-10-11-23(22-17)15-7-3-2-4-8-15/h5-6,9-12,15,18H,2-4,7-8,13H2,1H3,(H,21,24)(H,25,26). The maximum Gasteiger partial charge on any atom is 0.326 e. The number of aromatic nitrogens is 2. The number of carboxylic acid groups (broad SMARTS) is 1. The Morgan fingerprint density at radius 2 is 2.07 bits per heavy atom. The van der Waals surface area contributed by atoms with Gasteiger partial charge in [-0.3, -0.25) is 9.48 Å². The maximum atomic E-state index is 12.5. The molecule has 3 rings (SSSR count). The summed E-state index contributed by atoms with van der Waals surface area (Å²) < 4.78 is 7.00. The monoisotopic (exact) mass is 371 g/mol. The molecule has 1 saturated carbocycles. The van der Waals surface area contributed by atoms with Crippen molar-refractivity contribution in [1.29, 1.82) is 0 Å². The number of methoxy groups -OCH3 is 1. The van der Waals surface area contributed by atoms with Gasteiger partial charge in [-0.1, -0.05) is 31.4 Å². The van der Waals surface area contributed by atoms with Crippen LogP contribution < -0.4 is 10.1 Å². The van der Waals surface area contributed by atoms with Crippen LogP contribution in [0.15, 0.2) is 36.5 Å². The number of aliphatic carboxylic acids is 1. The first kappa shape index (κ1) is 18.9. The number of ether oxygens (including phenoxy) is 1. The Morgan fingerprint density at radius 3 is 2.78 bits per heavy atom. The van der Waals surface area contributed by atoms with Gasteiger partial charge in [0.15, 0.2) is 0 Å². The molecule has 1 unspecified atom stereocenters. The fourth-order valence-corrected chi connectivity index (χ4v) is 3.48. The van der Waals surface area contributed by atoms with Crippen molar-refractivity contribution in [2.24, 2.45) is 0 Å². The molecule has 144 valence electrons. The highest BCUT2D eigenvalue weighted by molar-refractivity contribution is 5.94. The summed E-state index contributed by atoms with van der Waals surface area (Å²) in [5.41, 5.74) is 1.02. The van der Waals surface area contributed by atoms with Crippen LogP contribution in [-0.4, -0.2) is 39.9 Å². The normalized spacial score (nSPS) is 15.9. The van der Waals surface area contributed by atoms with E-state index in [9.17, 15) is 14.7 Å². The Morgan fingerprint density at radius 1 is 1.30 bits per heavy atom. The molecular weight excluding hydrogens is 346 g/mol. The Balaban J connectivity index is 1.66. The van der Waals surface area contributed by atoms with Crippen molar-refractivity contribution >= 4 is 11.9 Å². The van der Waals surface area contributed by atoms with E-state index in [2.05, 4.69) is 10.4 Å². The molecule has 0 aliphatic heterocycles. The topological polar surface area (TPSA) is 93.5 Å². The lowest BCUT2D eigenvalue weighted by atomic mass is 9.96. The highest BCUT2D eigenvalue weighted by Gasteiger charge is 2.23. The fourth-order valence-electron chi connectivity index (χ4n) is 3.48. The van der Waals surface area contributed by atoms with Crippen molar-refractivity contribution in [2.75, 3.05) is 7.11 Å². The second-order valence-electron chi connectivity index (χ2n) is 6.89. The zero-order chi connectivity index (χ0) is 19.2. The van der Waals surface area contributed by atoms with Gasteiger partial charge in [-0.2, -0.15) is 5.10 Å². The number of rotatable bonds is 7. The molecule has 0 radical (unpaired) electrons. The fraction of sp³-hybridized carbons (Fsp3) is 0.450. The molecule has 1 fully saturated rings. The SMILES string of the molecule is COc1cccc(CC(NC(=O)c2ccn(C3CCCCC3)n2)C(=O)O)c1. The average molecular weight is 371 g/mol. The number of hydrogen-bond acceptors (Lipinski definition) is 4. The molecule has 1 amide bonds. The molecule has 1 heterocycles. The van der Waals surface area contributed by atoms with E-state index in [0.29, 0.717) is 11.8 Å². The van der Waals surface area contributed by atoms with Crippen LogP contribution in [0.1, 0.15) is 54.2 Å². The summed E-state index contributed by atoms with van der Waals surface area (Å²) >= 11 is 0. The number of carbonyl (C=O) groups excluding carboxylic acids is 1. The molecule has 7 nitrogen and oxygen atoms in total. The van der Waals surface area contributed by atoms with Crippen LogP contribution in [0.25, 0.3) is 0 Å². The highest BCUT2D eigenvalue weighted by atomic mass is 16.5. The number of carbonyl (C=O) groups is 2. The second kappa shape index (κ2) is 8.70. The molecule has 1 aliphatic rings. The predicted molar refractivity (Wildman–Crippen MR) is 99.9 cm³/mol. The second-order valence-corrected chi connectivity index (χ2v) is 6.89. The third kappa shape index (κ3) is 4.87. The van der Waals surface area contributed by atoms with Crippen LogP contribution in [0.3, 0.4) is 0 Å². The van der Waals surface area contributed by atoms with Gasteiger partial charge in [0.05, 0.1) is 13.2 Å². The largest absolute Gasteiger partial charge is 0.497 e. The molecule has 2 aromatic rings. The molecule has 27 heavy (non-hydrogen) atoms. The van der Waals surface area contributed by atoms with E-state index in [0.717, 1.165) is 18.4 Å². The summed E-state index contributed by atoms with van der Waals surface area (Å²) in [7, 11) is 1.55. The van der Waals surface area contributed by atoms with E-state index in [4.69, 9.17) is 4.74 Å². The summed E-state index contributed by atoms with van der Waals surface area (Å²) in [6.07, 6.45) is 7.70. The van der Waals surface area contributed by atoms with E-state index >= 15 is 0 Å². The lowest BCUT2D eigenvalue weighted by Crippen LogP contribution is -2.42. The molecule has 1 atom stereocenters. The summed E-state index contributed by atoms with van der Waals surface area (Å²) in [4.78, 5) is 24.1. The zero-order valence-corrected chi connectivity index (χ0v) is 15.4. The Labute approximate surface area is 158 Å². The first-order chi connectivity index (χ1) is 13.1. The van der Waals surface area contributed by atoms with Crippen molar-refractivity contribution in [3.05, 3.63) is 47.8 Å². The smallest absolute Gasteiger partial charge is 0.326 e. The third-order valence-electron chi connectivity index (χ3n) is 4.97. The van der Waals surface area contributed by atoms with E-state index in [-0.39, 0.29) is 12.1 Å². The minimum Gasteiger partial charge on any atom is -0.497 e. The molecule has 1 aromatic heterocycles. The van der Waals surface area contributed by atoms with Gasteiger partial charge in [-0.15, -0.1) is 0 Å². The van der Waals surface area contributed by atoms with Crippen LogP contribution in [0.2, 0.25) is 0 Å². The van der Waals surface area contributed by atoms with Crippen molar-refractivity contribution in [3.63, 3.8) is 0 Å². The Kier molecular flexibility index (Phi) is 6.11. The maximum absolute atomic E-state index is 12.5. The molecule has 0 saturated heterocycles. The minimum absolute atomic E-state index is 0.168. The van der Waals surface area contributed by atoms with Crippen LogP contribution >= 0.6 is 0 Å². The van der Waals surface area contributed by atoms with E-state index < -0.39 is 17.9 Å². The Hall–Kier alpha value is -2.83. The summed E-state index contributed by atoms with van der Waals surface area (Å²) in [5.74, 6) is -0.910. The van der Waals surface area contributed by atoms with Crippen LogP contribution in [0.5, 0.6) is 5.75 Å². The highest BCUT2D eigenvalue weighted by Crippen LogP contribution is 2.27. The molecule has 2 N–H and O–H groups in total. The summed E-state index contributed by atoms with van der Waals surface area (Å²) in [6.45, 7) is 0. The molecule has 7 heteroatoms. The zero-order valence-electron chi connectivity index (χ0n) is 15.4. The van der Waals surface area contributed by atoms with Gasteiger partial charge in [0, 0.05) is 12.6 Å². The first-order valence-electron chi connectivity index (χ1n) is 9.28. The van der Waals surface area contributed by atoms with Crippen molar-refractivity contribution in [3.8, 4) is 5.75 Å². The van der Waals surface area contributed by atoms with Gasteiger partial charge in [-0.05, 0) is 36.6 Å². The van der Waals surface area contributed by atoms with Crippen molar-refractivity contribution in [1.82, 2.24) is 15.1 Å². The lowest BCUT2D eigenvalue weighted by Gasteiger charge is -2.21. The number of carboxylic acids is 1. The predicted octanol–water partition coefficient (Wildman–Crippen LogP) is 2.82. The molecule has 1 aromatic carbocycles. The molecular formula is C20H25N3O4. The number of benzene rings is 1. The van der Waals surface area contributed by atoms with E-state index in [1.807, 2.05) is 16.9 Å². The minimum atomic E-state index is -1.09. The van der Waals surface area contributed by atoms with Crippen LogP contribution in [0.4, 0.5) is 0 Å². The van der Waals surface area contributed by atoms with Gasteiger partial charge in [0.1, 0.15) is 17.5 Å². The van der Waals surface area contributed by atoms with Gasteiger partial charge in [0.2, 0.25) is 0 Å². The van der Waals surface area contributed by atoms with Gasteiger partial charge in [-0.25, -0.2) is 4.79 Å². The number of nitrogens with zero attached hydrogens (tertiary/aromatic N) is 2. The quantitative estimate of drug-likeness (QED) is 0.781. The first-order valence-corrected chi connectivity index (χ1v) is 9.28. The van der Waals surface area contributed by atoms with E-state index in [1.165, 1.54) is 19.3 Å². The van der Waals surface area contributed by atoms with E-state index in [1.54, 1.807) is 31.4 Å². The van der Waals surface area contributed by atoms with Crippen LogP contribution in [-0.2, 0) is 11.2 Å². The lowest BCUT2D eigenvalue weighted by molar-refractivity contribution is -0.139. The van der Waals surface area contributed by atoms with Gasteiger partial charge in [0.25, 0.3) is 5.91 Å². The van der Waals surface area contributed by atoms with Crippen molar-refractivity contribution < 1.29 is 19.4 Å². The van der Waals surface area contributed by atoms with Gasteiger partial charge >= 0.3 is 5.97 Å². The number of hydrogen-bond donors (Lipinski definition) is 2. The molecule has 0 spiro atoms. The molecule has 0 bridgehead atoms. The molecule has 1 aliphatic carbocycles. The number of amides is 1. The summed E-state index contributed by atoms with van der Waals surface area (Å²) in [5, 5.41) is 16.4. The summed E-state index contributed by atoms with van der Waals surface area (Å²) in [6, 6.07) is 8.09. The average Bonchev–Trinajstić information content (AvgIpc) is 3.18. The van der Waals surface area contributed by atoms with Gasteiger partial charge < -0.3 is 15.2 Å². The number of nitrogens with one attached hydrogen (secondary N) is 1.